The number of fused-ring (bicyclic) bond motifs is 3. The van der Waals surface area contributed by atoms with Crippen LogP contribution in [0.4, 0.5) is 0 Å². The standard InChI is InChI=1S/C25H21BrO3/c1-25(2)12-19(28)24-21(13-25)29-20-10-6-14-5-9-17(27)11-18(14)23(20)22(24)15-3-7-16(26)8-4-15/h3-11,22,27H,12-13H2,1-2H3. The molecular formula is C25H21BrO3. The second-order valence-electron chi connectivity index (χ2n) is 8.75. The largest absolute Gasteiger partial charge is 0.508 e. The number of phenols is 1. The number of phenolic OH excluding ortho intramolecular Hbond substituents is 1. The molecule has 1 aliphatic heterocycles. The average Bonchev–Trinajstić information content (AvgIpc) is 2.66. The third-order valence-corrected chi connectivity index (χ3v) is 6.43. The molecule has 1 unspecified atom stereocenters. The van der Waals surface area contributed by atoms with Gasteiger partial charge in [0.2, 0.25) is 0 Å². The number of hydrogen-bond donors (Lipinski definition) is 1. The number of carbonyl (C=O) groups is 1. The van der Waals surface area contributed by atoms with Gasteiger partial charge in [0.1, 0.15) is 17.3 Å². The number of hydrogen-bond acceptors (Lipinski definition) is 3. The Hall–Kier alpha value is -2.59. The molecule has 0 fully saturated rings. The maximum atomic E-state index is 13.3. The molecule has 4 heteroatoms. The molecule has 29 heavy (non-hydrogen) atoms. The van der Waals surface area contributed by atoms with Gasteiger partial charge in [0, 0.05) is 34.4 Å². The summed E-state index contributed by atoms with van der Waals surface area (Å²) >= 11 is 3.51. The molecule has 5 rings (SSSR count). The first kappa shape index (κ1) is 18.4. The van der Waals surface area contributed by atoms with E-state index in [-0.39, 0.29) is 22.9 Å². The van der Waals surface area contributed by atoms with Crippen LogP contribution in [0.3, 0.4) is 0 Å². The number of halogens is 1. The van der Waals surface area contributed by atoms with E-state index < -0.39 is 0 Å². The summed E-state index contributed by atoms with van der Waals surface area (Å²) in [5.74, 6) is 1.69. The monoisotopic (exact) mass is 448 g/mol. The quantitative estimate of drug-likeness (QED) is 0.463. The maximum absolute atomic E-state index is 13.3. The number of rotatable bonds is 1. The molecule has 1 heterocycles. The number of aromatic hydroxyl groups is 1. The van der Waals surface area contributed by atoms with Crippen LogP contribution in [0.2, 0.25) is 0 Å². The van der Waals surface area contributed by atoms with Crippen LogP contribution < -0.4 is 4.74 Å². The Morgan fingerprint density at radius 3 is 2.52 bits per heavy atom. The lowest BCUT2D eigenvalue weighted by Gasteiger charge is -2.38. The molecule has 0 aromatic heterocycles. The molecule has 0 radical (unpaired) electrons. The van der Waals surface area contributed by atoms with Gasteiger partial charge in [0.25, 0.3) is 0 Å². The number of ether oxygens (including phenoxy) is 1. The van der Waals surface area contributed by atoms with Crippen molar-refractivity contribution in [1.29, 1.82) is 0 Å². The summed E-state index contributed by atoms with van der Waals surface area (Å²) in [6, 6.07) is 17.5. The highest BCUT2D eigenvalue weighted by Crippen LogP contribution is 2.52. The van der Waals surface area contributed by atoms with Crippen molar-refractivity contribution in [3.05, 3.63) is 81.5 Å². The summed E-state index contributed by atoms with van der Waals surface area (Å²) < 4.78 is 7.33. The van der Waals surface area contributed by atoms with Crippen LogP contribution in [-0.4, -0.2) is 10.9 Å². The SMILES string of the molecule is CC1(C)CC(=O)C2=C(C1)Oc1ccc3ccc(O)cc3c1C2c1ccc(Br)cc1. The predicted octanol–water partition coefficient (Wildman–Crippen LogP) is 6.48. The lowest BCUT2D eigenvalue weighted by Crippen LogP contribution is -2.33. The van der Waals surface area contributed by atoms with Gasteiger partial charge < -0.3 is 9.84 Å². The van der Waals surface area contributed by atoms with Crippen LogP contribution in [-0.2, 0) is 4.79 Å². The van der Waals surface area contributed by atoms with Crippen molar-refractivity contribution in [2.75, 3.05) is 0 Å². The van der Waals surface area contributed by atoms with E-state index in [0.29, 0.717) is 6.42 Å². The van der Waals surface area contributed by atoms with Gasteiger partial charge in [0.05, 0.1) is 0 Å². The van der Waals surface area contributed by atoms with E-state index in [4.69, 9.17) is 4.74 Å². The molecule has 1 N–H and O–H groups in total. The molecule has 0 amide bonds. The average molecular weight is 449 g/mol. The maximum Gasteiger partial charge on any atom is 0.163 e. The molecule has 0 saturated carbocycles. The van der Waals surface area contributed by atoms with Crippen molar-refractivity contribution in [3.8, 4) is 11.5 Å². The van der Waals surface area contributed by atoms with E-state index in [0.717, 1.165) is 49.9 Å². The molecule has 0 bridgehead atoms. The molecule has 146 valence electrons. The smallest absolute Gasteiger partial charge is 0.163 e. The van der Waals surface area contributed by atoms with Gasteiger partial charge in [-0.2, -0.15) is 0 Å². The zero-order valence-corrected chi connectivity index (χ0v) is 17.9. The third-order valence-electron chi connectivity index (χ3n) is 5.90. The number of ketones is 1. The Bertz CT molecular complexity index is 1190. The van der Waals surface area contributed by atoms with Gasteiger partial charge in [-0.25, -0.2) is 0 Å². The summed E-state index contributed by atoms with van der Waals surface area (Å²) in [4.78, 5) is 13.3. The highest BCUT2D eigenvalue weighted by molar-refractivity contribution is 9.10. The van der Waals surface area contributed by atoms with Crippen molar-refractivity contribution in [2.24, 2.45) is 5.41 Å². The molecule has 0 spiro atoms. The fraction of sp³-hybridized carbons (Fsp3) is 0.240. The minimum absolute atomic E-state index is 0.118. The van der Waals surface area contributed by atoms with Gasteiger partial charge >= 0.3 is 0 Å². The van der Waals surface area contributed by atoms with Crippen LogP contribution in [0, 0.1) is 5.41 Å². The topological polar surface area (TPSA) is 46.5 Å². The van der Waals surface area contributed by atoms with Crippen LogP contribution in [0.15, 0.2) is 70.4 Å². The Kier molecular flexibility index (Phi) is 4.11. The Morgan fingerprint density at radius 1 is 1.03 bits per heavy atom. The normalized spacial score (nSPS) is 20.2. The van der Waals surface area contributed by atoms with Crippen LogP contribution in [0.25, 0.3) is 10.8 Å². The Balaban J connectivity index is 1.82. The molecule has 2 aliphatic rings. The van der Waals surface area contributed by atoms with Crippen LogP contribution in [0.5, 0.6) is 11.5 Å². The van der Waals surface area contributed by atoms with Crippen LogP contribution >= 0.6 is 15.9 Å². The second-order valence-corrected chi connectivity index (χ2v) is 9.66. The van der Waals surface area contributed by atoms with Gasteiger partial charge in [-0.05, 0) is 52.1 Å². The fourth-order valence-corrected chi connectivity index (χ4v) is 4.92. The number of allylic oxidation sites excluding steroid dienone is 2. The Morgan fingerprint density at radius 2 is 1.76 bits per heavy atom. The van der Waals surface area contributed by atoms with Crippen LogP contribution in [0.1, 0.15) is 43.7 Å². The first-order valence-electron chi connectivity index (χ1n) is 9.78. The van der Waals surface area contributed by atoms with Gasteiger partial charge in [-0.3, -0.25) is 4.79 Å². The molecule has 3 nitrogen and oxygen atoms in total. The van der Waals surface area contributed by atoms with E-state index in [9.17, 15) is 9.90 Å². The molecule has 3 aromatic carbocycles. The number of carbonyl (C=O) groups excluding carboxylic acids is 1. The number of benzene rings is 3. The van der Waals surface area contributed by atoms with Crippen molar-refractivity contribution < 1.29 is 14.6 Å². The molecule has 0 saturated heterocycles. The summed E-state index contributed by atoms with van der Waals surface area (Å²) in [5, 5.41) is 12.1. The highest BCUT2D eigenvalue weighted by atomic mass is 79.9. The zero-order chi connectivity index (χ0) is 20.3. The van der Waals surface area contributed by atoms with Crippen molar-refractivity contribution in [3.63, 3.8) is 0 Å². The van der Waals surface area contributed by atoms with E-state index in [1.165, 1.54) is 0 Å². The van der Waals surface area contributed by atoms with Crippen molar-refractivity contribution in [2.45, 2.75) is 32.6 Å². The predicted molar refractivity (Wildman–Crippen MR) is 117 cm³/mol. The molecule has 1 aliphatic carbocycles. The molecule has 1 atom stereocenters. The minimum Gasteiger partial charge on any atom is -0.508 e. The van der Waals surface area contributed by atoms with Crippen molar-refractivity contribution >= 4 is 32.5 Å². The van der Waals surface area contributed by atoms with E-state index in [2.05, 4.69) is 41.9 Å². The van der Waals surface area contributed by atoms with E-state index in [1.54, 1.807) is 12.1 Å². The first-order chi connectivity index (χ1) is 13.8. The molecule has 3 aromatic rings. The summed E-state index contributed by atoms with van der Waals surface area (Å²) in [6.07, 6.45) is 1.24. The van der Waals surface area contributed by atoms with Gasteiger partial charge in [-0.15, -0.1) is 0 Å². The summed E-state index contributed by atoms with van der Waals surface area (Å²) in [6.45, 7) is 4.22. The highest BCUT2D eigenvalue weighted by Gasteiger charge is 2.42. The summed E-state index contributed by atoms with van der Waals surface area (Å²) in [7, 11) is 0. The van der Waals surface area contributed by atoms with E-state index in [1.807, 2.05) is 30.3 Å². The fourth-order valence-electron chi connectivity index (χ4n) is 4.65. The van der Waals surface area contributed by atoms with Gasteiger partial charge in [-0.1, -0.05) is 54.0 Å². The Labute approximate surface area is 178 Å². The first-order valence-corrected chi connectivity index (χ1v) is 10.6. The second kappa shape index (κ2) is 6.46. The summed E-state index contributed by atoms with van der Waals surface area (Å²) in [5.41, 5.74) is 2.64. The third kappa shape index (κ3) is 3.06. The number of Topliss-reactive ketones (excluding diaryl/α,β-unsaturated/α-hetero) is 1. The van der Waals surface area contributed by atoms with Crippen molar-refractivity contribution in [1.82, 2.24) is 0 Å². The molecular weight excluding hydrogens is 428 g/mol. The lowest BCUT2D eigenvalue weighted by atomic mass is 9.69. The zero-order valence-electron chi connectivity index (χ0n) is 16.3. The lowest BCUT2D eigenvalue weighted by molar-refractivity contribution is -0.118. The van der Waals surface area contributed by atoms with Gasteiger partial charge in [0.15, 0.2) is 5.78 Å². The van der Waals surface area contributed by atoms with E-state index >= 15 is 0 Å². The minimum atomic E-state index is -0.212.